The number of nitrogens with one attached hydrogen (secondary N) is 1. The molecule has 3 N–H and O–H groups in total. The molecule has 3 aromatic rings. The van der Waals surface area contributed by atoms with Gasteiger partial charge in [0.05, 0.1) is 18.7 Å². The first kappa shape index (κ1) is 29.8. The molecule has 0 aliphatic carbocycles. The number of aromatic nitrogens is 3. The Bertz CT molecular complexity index is 1390. The number of hydrogen-bond donors (Lipinski definition) is 2. The van der Waals surface area contributed by atoms with Crippen LogP contribution in [-0.2, 0) is 0 Å². The van der Waals surface area contributed by atoms with Gasteiger partial charge in [0.15, 0.2) is 0 Å². The summed E-state index contributed by atoms with van der Waals surface area (Å²) in [6.45, 7) is 7.13. The number of anilines is 2. The minimum Gasteiger partial charge on any atom is -0.496 e. The first-order valence-corrected chi connectivity index (χ1v) is 12.7. The summed E-state index contributed by atoms with van der Waals surface area (Å²) in [4.78, 5) is 26.3. The molecule has 0 radical (unpaired) electrons. The SMILES string of the molecule is CC/C(C)=C(/c1c(N)ncnc1NC(C)c1cc(Cl)c(C)c(-c2ccc(C(=O)N(C)C)nc2)c1OC)C(F)F. The van der Waals surface area contributed by atoms with Crippen molar-refractivity contribution >= 4 is 34.7 Å². The number of allylic oxidation sites excluding steroid dienone is 2. The summed E-state index contributed by atoms with van der Waals surface area (Å²) in [6, 6.07) is 4.69. The summed E-state index contributed by atoms with van der Waals surface area (Å²) in [6.07, 6.45) is 0.473. The van der Waals surface area contributed by atoms with E-state index >= 15 is 0 Å². The lowest BCUT2D eigenvalue weighted by atomic mass is 9.94. The molecule has 0 aliphatic rings. The van der Waals surface area contributed by atoms with E-state index < -0.39 is 12.5 Å². The van der Waals surface area contributed by atoms with Crippen LogP contribution in [0.3, 0.4) is 0 Å². The number of carbonyl (C=O) groups excluding carboxylic acids is 1. The Hall–Kier alpha value is -3.79. The number of ether oxygens (including phenoxy) is 1. The molecule has 1 amide bonds. The molecule has 0 fully saturated rings. The van der Waals surface area contributed by atoms with Crippen molar-refractivity contribution in [3.63, 3.8) is 0 Å². The fraction of sp³-hybridized carbons (Fsp3) is 0.357. The number of amides is 1. The molecule has 1 unspecified atom stereocenters. The Kier molecular flexibility index (Phi) is 9.45. The van der Waals surface area contributed by atoms with Gasteiger partial charge in [0.25, 0.3) is 12.3 Å². The van der Waals surface area contributed by atoms with Gasteiger partial charge in [0, 0.05) is 47.6 Å². The highest BCUT2D eigenvalue weighted by atomic mass is 35.5. The molecule has 39 heavy (non-hydrogen) atoms. The van der Waals surface area contributed by atoms with Crippen molar-refractivity contribution in [1.82, 2.24) is 19.9 Å². The fourth-order valence-corrected chi connectivity index (χ4v) is 4.50. The number of nitrogens with zero attached hydrogens (tertiary/aromatic N) is 4. The molecule has 0 saturated carbocycles. The number of alkyl halides is 2. The van der Waals surface area contributed by atoms with Crippen molar-refractivity contribution in [3.05, 3.63) is 63.7 Å². The van der Waals surface area contributed by atoms with Gasteiger partial charge in [-0.05, 0) is 44.9 Å². The number of nitrogen functional groups attached to an aromatic ring is 1. The van der Waals surface area contributed by atoms with E-state index in [0.717, 1.165) is 5.56 Å². The van der Waals surface area contributed by atoms with Crippen molar-refractivity contribution in [2.75, 3.05) is 32.3 Å². The first-order valence-electron chi connectivity index (χ1n) is 12.3. The van der Waals surface area contributed by atoms with E-state index in [1.54, 1.807) is 52.3 Å². The monoisotopic (exact) mass is 558 g/mol. The molecule has 3 rings (SSSR count). The average Bonchev–Trinajstić information content (AvgIpc) is 2.90. The Morgan fingerprint density at radius 3 is 2.46 bits per heavy atom. The first-order chi connectivity index (χ1) is 18.4. The standard InChI is InChI=1S/C28H33ClF2N6O2/c1-8-14(2)21(25(30)31)23-26(32)34-13-35-27(23)36-16(4)18-11-19(29)15(3)22(24(18)39-7)17-9-10-20(33-12-17)28(38)37(5)6/h9-13,16,25H,8H2,1-7H3,(H3,32,34,35,36)/b21-14-. The molecule has 0 bridgehead atoms. The Morgan fingerprint density at radius 2 is 1.92 bits per heavy atom. The molecule has 1 aromatic carbocycles. The van der Waals surface area contributed by atoms with Gasteiger partial charge < -0.3 is 20.7 Å². The van der Waals surface area contributed by atoms with E-state index in [1.165, 1.54) is 18.3 Å². The van der Waals surface area contributed by atoms with Crippen LogP contribution in [0.2, 0.25) is 5.02 Å². The zero-order chi connectivity index (χ0) is 29.0. The van der Waals surface area contributed by atoms with Crippen LogP contribution in [0.1, 0.15) is 60.4 Å². The second kappa shape index (κ2) is 12.4. The number of pyridine rings is 1. The van der Waals surface area contributed by atoms with Gasteiger partial charge in [-0.15, -0.1) is 0 Å². The van der Waals surface area contributed by atoms with E-state index in [-0.39, 0.29) is 28.7 Å². The minimum atomic E-state index is -2.76. The Labute approximate surface area is 232 Å². The summed E-state index contributed by atoms with van der Waals surface area (Å²) in [5.74, 6) is 0.427. The molecule has 8 nitrogen and oxygen atoms in total. The van der Waals surface area contributed by atoms with Crippen molar-refractivity contribution in [3.8, 4) is 16.9 Å². The summed E-state index contributed by atoms with van der Waals surface area (Å²) in [5.41, 5.74) is 9.56. The third kappa shape index (κ3) is 6.11. The van der Waals surface area contributed by atoms with Crippen LogP contribution >= 0.6 is 11.6 Å². The van der Waals surface area contributed by atoms with Gasteiger partial charge in [-0.3, -0.25) is 9.78 Å². The Balaban J connectivity index is 2.13. The van der Waals surface area contributed by atoms with E-state index in [2.05, 4.69) is 20.3 Å². The number of rotatable bonds is 9. The van der Waals surface area contributed by atoms with Gasteiger partial charge in [-0.2, -0.15) is 0 Å². The van der Waals surface area contributed by atoms with Crippen molar-refractivity contribution in [1.29, 1.82) is 0 Å². The van der Waals surface area contributed by atoms with Crippen LogP contribution in [-0.4, -0.2) is 53.4 Å². The normalized spacial score (nSPS) is 12.7. The van der Waals surface area contributed by atoms with E-state index in [9.17, 15) is 13.6 Å². The maximum atomic E-state index is 14.2. The summed E-state index contributed by atoms with van der Waals surface area (Å²) in [5, 5.41) is 3.69. The molecule has 2 aromatic heterocycles. The summed E-state index contributed by atoms with van der Waals surface area (Å²) < 4.78 is 34.2. The van der Waals surface area contributed by atoms with E-state index in [1.807, 2.05) is 13.8 Å². The largest absolute Gasteiger partial charge is 0.496 e. The molecule has 2 heterocycles. The maximum absolute atomic E-state index is 14.2. The zero-order valence-electron chi connectivity index (χ0n) is 23.1. The van der Waals surface area contributed by atoms with Crippen molar-refractivity contribution < 1.29 is 18.3 Å². The highest BCUT2D eigenvalue weighted by molar-refractivity contribution is 6.32. The van der Waals surface area contributed by atoms with Crippen LogP contribution in [0.5, 0.6) is 5.75 Å². The highest BCUT2D eigenvalue weighted by Gasteiger charge is 2.26. The number of methoxy groups -OCH3 is 1. The van der Waals surface area contributed by atoms with Gasteiger partial charge in [0.1, 0.15) is 29.4 Å². The number of carbonyl (C=O) groups is 1. The number of benzene rings is 1. The highest BCUT2D eigenvalue weighted by Crippen LogP contribution is 2.43. The van der Waals surface area contributed by atoms with Crippen LogP contribution in [0.25, 0.3) is 16.7 Å². The van der Waals surface area contributed by atoms with Crippen LogP contribution < -0.4 is 15.8 Å². The molecule has 0 spiro atoms. The van der Waals surface area contributed by atoms with Gasteiger partial charge in [-0.25, -0.2) is 18.7 Å². The second-order valence-electron chi connectivity index (χ2n) is 9.31. The second-order valence-corrected chi connectivity index (χ2v) is 9.72. The summed E-state index contributed by atoms with van der Waals surface area (Å²) in [7, 11) is 4.85. The third-order valence-electron chi connectivity index (χ3n) is 6.56. The fourth-order valence-electron chi connectivity index (χ4n) is 4.29. The zero-order valence-corrected chi connectivity index (χ0v) is 23.8. The van der Waals surface area contributed by atoms with Crippen molar-refractivity contribution in [2.45, 2.75) is 46.6 Å². The van der Waals surface area contributed by atoms with Crippen molar-refractivity contribution in [2.24, 2.45) is 0 Å². The number of hydrogen-bond acceptors (Lipinski definition) is 7. The lowest BCUT2D eigenvalue weighted by Gasteiger charge is -2.24. The average molecular weight is 559 g/mol. The molecule has 208 valence electrons. The number of halogens is 3. The lowest BCUT2D eigenvalue weighted by Crippen LogP contribution is -2.22. The molecular weight excluding hydrogens is 526 g/mol. The smallest absolute Gasteiger partial charge is 0.271 e. The summed E-state index contributed by atoms with van der Waals surface area (Å²) >= 11 is 6.66. The quantitative estimate of drug-likeness (QED) is 0.312. The molecule has 1 atom stereocenters. The van der Waals surface area contributed by atoms with Crippen LogP contribution in [0, 0.1) is 6.92 Å². The molecular formula is C28H33ClF2N6O2. The van der Waals surface area contributed by atoms with Gasteiger partial charge >= 0.3 is 0 Å². The lowest BCUT2D eigenvalue weighted by molar-refractivity contribution is 0.0822. The Morgan fingerprint density at radius 1 is 1.23 bits per heavy atom. The molecule has 11 heteroatoms. The molecule has 0 saturated heterocycles. The molecule has 0 aliphatic heterocycles. The predicted octanol–water partition coefficient (Wildman–Crippen LogP) is 6.41. The van der Waals surface area contributed by atoms with Gasteiger partial charge in [-0.1, -0.05) is 30.2 Å². The number of nitrogens with two attached hydrogens (primary N) is 1. The van der Waals surface area contributed by atoms with E-state index in [4.69, 9.17) is 22.1 Å². The minimum absolute atomic E-state index is 0.0455. The predicted molar refractivity (Wildman–Crippen MR) is 151 cm³/mol. The third-order valence-corrected chi connectivity index (χ3v) is 6.95. The van der Waals surface area contributed by atoms with Gasteiger partial charge in [0.2, 0.25) is 0 Å². The van der Waals surface area contributed by atoms with E-state index in [0.29, 0.717) is 45.2 Å². The van der Waals surface area contributed by atoms with Crippen LogP contribution in [0.4, 0.5) is 20.4 Å². The van der Waals surface area contributed by atoms with Crippen LogP contribution in [0.15, 0.2) is 36.3 Å². The topological polar surface area (TPSA) is 106 Å². The maximum Gasteiger partial charge on any atom is 0.271 e.